The highest BCUT2D eigenvalue weighted by Crippen LogP contribution is 2.41. The Hall–Kier alpha value is -1.55. The number of Topliss-reactive ketones (excluding diaryl/α,β-unsaturated/α-hetero) is 1. The fraction of sp³-hybridized carbons (Fsp3) is 0.500. The van der Waals surface area contributed by atoms with Crippen LogP contribution in [0.25, 0.3) is 0 Å². The molecule has 0 saturated heterocycles. The number of carbonyl (C=O) groups excluding carboxylic acids is 1. The van der Waals surface area contributed by atoms with Crippen molar-refractivity contribution < 1.29 is 19.7 Å². The number of ether oxygens (including phenoxy) is 1. The van der Waals surface area contributed by atoms with Gasteiger partial charge in [0.2, 0.25) is 0 Å². The number of phenols is 2. The Kier molecular flexibility index (Phi) is 3.87. The fourth-order valence-corrected chi connectivity index (χ4v) is 2.28. The third-order valence-electron chi connectivity index (χ3n) is 3.25. The van der Waals surface area contributed by atoms with E-state index in [0.29, 0.717) is 25.0 Å². The van der Waals surface area contributed by atoms with Gasteiger partial charge in [-0.2, -0.15) is 0 Å². The second kappa shape index (κ2) is 5.40. The number of benzene rings is 1. The predicted octanol–water partition coefficient (Wildman–Crippen LogP) is 2.93. The monoisotopic (exact) mass is 250 g/mol. The zero-order chi connectivity index (χ0) is 13.1. The molecule has 4 nitrogen and oxygen atoms in total. The maximum absolute atomic E-state index is 11.8. The van der Waals surface area contributed by atoms with E-state index in [9.17, 15) is 15.0 Å². The third-order valence-corrected chi connectivity index (χ3v) is 3.25. The summed E-state index contributed by atoms with van der Waals surface area (Å²) in [4.78, 5) is 11.8. The molecular weight excluding hydrogens is 232 g/mol. The standard InChI is InChI=1S/C14H18O4/c1-2-3-8-18-12-7-6-10(16)13-9(15)4-5-11(17)14(12)13/h4-5,12,15,17H,2-3,6-8H2,1H3. The number of hydrogen-bond acceptors (Lipinski definition) is 4. The number of carbonyl (C=O) groups is 1. The molecule has 98 valence electrons. The first kappa shape index (κ1) is 12.9. The molecule has 1 aliphatic carbocycles. The SMILES string of the molecule is CCCCOC1CCC(=O)c2c(O)ccc(O)c21. The lowest BCUT2D eigenvalue weighted by Gasteiger charge is -2.26. The molecule has 1 unspecified atom stereocenters. The van der Waals surface area contributed by atoms with Crippen LogP contribution in [0.5, 0.6) is 11.5 Å². The van der Waals surface area contributed by atoms with E-state index in [4.69, 9.17) is 4.74 Å². The lowest BCUT2D eigenvalue weighted by molar-refractivity contribution is 0.0357. The zero-order valence-electron chi connectivity index (χ0n) is 10.5. The van der Waals surface area contributed by atoms with Crippen molar-refractivity contribution in [2.75, 3.05) is 6.61 Å². The summed E-state index contributed by atoms with van der Waals surface area (Å²) in [6.07, 6.45) is 2.59. The minimum atomic E-state index is -0.295. The molecule has 1 aromatic rings. The van der Waals surface area contributed by atoms with Gasteiger partial charge < -0.3 is 14.9 Å². The molecule has 2 N–H and O–H groups in total. The molecule has 1 atom stereocenters. The van der Waals surface area contributed by atoms with Gasteiger partial charge in [-0.3, -0.25) is 4.79 Å². The van der Waals surface area contributed by atoms with E-state index in [1.807, 2.05) is 0 Å². The third kappa shape index (κ3) is 2.34. The Bertz CT molecular complexity index is 453. The van der Waals surface area contributed by atoms with Crippen LogP contribution in [0.4, 0.5) is 0 Å². The molecule has 0 bridgehead atoms. The van der Waals surface area contributed by atoms with E-state index in [0.717, 1.165) is 12.8 Å². The molecule has 0 radical (unpaired) electrons. The highest BCUT2D eigenvalue weighted by Gasteiger charge is 2.31. The van der Waals surface area contributed by atoms with Gasteiger partial charge in [0.25, 0.3) is 0 Å². The Morgan fingerprint density at radius 3 is 2.78 bits per heavy atom. The van der Waals surface area contributed by atoms with E-state index >= 15 is 0 Å². The minimum Gasteiger partial charge on any atom is -0.508 e. The van der Waals surface area contributed by atoms with Crippen molar-refractivity contribution in [2.24, 2.45) is 0 Å². The molecule has 0 fully saturated rings. The molecule has 4 heteroatoms. The number of fused-ring (bicyclic) bond motifs is 1. The average molecular weight is 250 g/mol. The quantitative estimate of drug-likeness (QED) is 0.637. The Morgan fingerprint density at radius 1 is 1.33 bits per heavy atom. The van der Waals surface area contributed by atoms with Crippen molar-refractivity contribution in [1.82, 2.24) is 0 Å². The lowest BCUT2D eigenvalue weighted by atomic mass is 9.87. The van der Waals surface area contributed by atoms with Crippen LogP contribution >= 0.6 is 0 Å². The highest BCUT2D eigenvalue weighted by atomic mass is 16.5. The molecule has 1 aromatic carbocycles. The summed E-state index contributed by atoms with van der Waals surface area (Å²) in [6, 6.07) is 2.75. The van der Waals surface area contributed by atoms with Gasteiger partial charge in [0.15, 0.2) is 5.78 Å². The van der Waals surface area contributed by atoms with Gasteiger partial charge in [-0.1, -0.05) is 13.3 Å². The molecule has 1 aliphatic rings. The smallest absolute Gasteiger partial charge is 0.167 e. The first-order valence-corrected chi connectivity index (χ1v) is 6.34. The second-order valence-corrected chi connectivity index (χ2v) is 4.57. The molecule has 0 aliphatic heterocycles. The number of hydrogen-bond donors (Lipinski definition) is 2. The number of aromatic hydroxyl groups is 2. The Morgan fingerprint density at radius 2 is 2.06 bits per heavy atom. The van der Waals surface area contributed by atoms with Crippen LogP contribution in [-0.2, 0) is 4.74 Å². The molecule has 18 heavy (non-hydrogen) atoms. The maximum atomic E-state index is 11.8. The predicted molar refractivity (Wildman–Crippen MR) is 66.9 cm³/mol. The van der Waals surface area contributed by atoms with Gasteiger partial charge in [-0.05, 0) is 25.0 Å². The van der Waals surface area contributed by atoms with Crippen LogP contribution < -0.4 is 0 Å². The van der Waals surface area contributed by atoms with E-state index in [-0.39, 0.29) is 28.9 Å². The maximum Gasteiger partial charge on any atom is 0.167 e. The van der Waals surface area contributed by atoms with Crippen molar-refractivity contribution in [3.8, 4) is 11.5 Å². The number of unbranched alkanes of at least 4 members (excludes halogenated alkanes) is 1. The van der Waals surface area contributed by atoms with Crippen molar-refractivity contribution >= 4 is 5.78 Å². The number of rotatable bonds is 4. The van der Waals surface area contributed by atoms with Crippen LogP contribution in [0.15, 0.2) is 12.1 Å². The van der Waals surface area contributed by atoms with E-state index in [2.05, 4.69) is 6.92 Å². The number of phenolic OH excluding ortho intramolecular Hbond substituents is 2. The van der Waals surface area contributed by atoms with Gasteiger partial charge in [0, 0.05) is 18.6 Å². The summed E-state index contributed by atoms with van der Waals surface area (Å²) in [5.74, 6) is -0.178. The Labute approximate surface area is 106 Å². The van der Waals surface area contributed by atoms with E-state index in [1.165, 1.54) is 12.1 Å². The number of ketones is 1. The van der Waals surface area contributed by atoms with Crippen LogP contribution in [-0.4, -0.2) is 22.6 Å². The second-order valence-electron chi connectivity index (χ2n) is 4.57. The molecular formula is C14H18O4. The molecule has 2 rings (SSSR count). The summed E-state index contributed by atoms with van der Waals surface area (Å²) >= 11 is 0. The minimum absolute atomic E-state index is 0.0253. The van der Waals surface area contributed by atoms with Gasteiger partial charge in [0.05, 0.1) is 11.7 Å². The first-order chi connectivity index (χ1) is 8.65. The summed E-state index contributed by atoms with van der Waals surface area (Å²) in [5.41, 5.74) is 0.671. The van der Waals surface area contributed by atoms with Crippen LogP contribution in [0, 0.1) is 0 Å². The summed E-state index contributed by atoms with van der Waals surface area (Å²) in [7, 11) is 0. The molecule has 0 saturated carbocycles. The topological polar surface area (TPSA) is 66.8 Å². The average Bonchev–Trinajstić information content (AvgIpc) is 2.36. The molecule has 0 spiro atoms. The zero-order valence-corrected chi connectivity index (χ0v) is 10.5. The summed E-state index contributed by atoms with van der Waals surface area (Å²) in [5, 5.41) is 19.6. The first-order valence-electron chi connectivity index (χ1n) is 6.34. The normalized spacial score (nSPS) is 18.7. The fourth-order valence-electron chi connectivity index (χ4n) is 2.28. The lowest BCUT2D eigenvalue weighted by Crippen LogP contribution is -2.18. The molecule has 0 heterocycles. The highest BCUT2D eigenvalue weighted by molar-refractivity contribution is 6.01. The van der Waals surface area contributed by atoms with Gasteiger partial charge in [-0.25, -0.2) is 0 Å². The molecule has 0 amide bonds. The van der Waals surface area contributed by atoms with Gasteiger partial charge >= 0.3 is 0 Å². The van der Waals surface area contributed by atoms with Crippen molar-refractivity contribution in [1.29, 1.82) is 0 Å². The van der Waals surface area contributed by atoms with Gasteiger partial charge in [0.1, 0.15) is 11.5 Å². The van der Waals surface area contributed by atoms with E-state index in [1.54, 1.807) is 0 Å². The van der Waals surface area contributed by atoms with Crippen LogP contribution in [0.3, 0.4) is 0 Å². The van der Waals surface area contributed by atoms with Crippen molar-refractivity contribution in [2.45, 2.75) is 38.7 Å². The molecule has 0 aromatic heterocycles. The van der Waals surface area contributed by atoms with Crippen LogP contribution in [0.1, 0.15) is 54.6 Å². The van der Waals surface area contributed by atoms with Crippen molar-refractivity contribution in [3.63, 3.8) is 0 Å². The Balaban J connectivity index is 2.31. The summed E-state index contributed by atoms with van der Waals surface area (Å²) < 4.78 is 5.71. The summed E-state index contributed by atoms with van der Waals surface area (Å²) in [6.45, 7) is 2.68. The van der Waals surface area contributed by atoms with Gasteiger partial charge in [-0.15, -0.1) is 0 Å². The van der Waals surface area contributed by atoms with E-state index < -0.39 is 0 Å². The largest absolute Gasteiger partial charge is 0.508 e. The van der Waals surface area contributed by atoms with Crippen LogP contribution in [0.2, 0.25) is 0 Å². The van der Waals surface area contributed by atoms with Crippen molar-refractivity contribution in [3.05, 3.63) is 23.3 Å².